The Bertz CT molecular complexity index is 2450. The third-order valence-electron chi connectivity index (χ3n) is 9.35. The quantitative estimate of drug-likeness (QED) is 0.139. The van der Waals surface area contributed by atoms with Crippen LogP contribution in [0.3, 0.4) is 0 Å². The number of halogens is 1. The van der Waals surface area contributed by atoms with E-state index in [0.29, 0.717) is 40.4 Å². The maximum atomic E-state index is 15.7. The van der Waals surface area contributed by atoms with Crippen molar-refractivity contribution in [2.24, 2.45) is 13.0 Å². The monoisotopic (exact) mass is 743 g/mol. The molecule has 0 spiro atoms. The number of ether oxygens (including phenoxy) is 2. The Balaban J connectivity index is 1.29. The number of nitrogens with two attached hydrogens (primary N) is 1. The molecule has 0 unspecified atom stereocenters. The number of carbonyl (C=O) groups excluding carboxylic acids is 2. The number of benzene rings is 3. The van der Waals surface area contributed by atoms with Crippen molar-refractivity contribution >= 4 is 28.7 Å². The molecule has 0 amide bonds. The fourth-order valence-electron chi connectivity index (χ4n) is 6.72. The Morgan fingerprint density at radius 3 is 2.49 bits per heavy atom. The number of fused-ring (bicyclic) bond motifs is 1. The van der Waals surface area contributed by atoms with Crippen molar-refractivity contribution < 1.29 is 23.5 Å². The topological polar surface area (TPSA) is 157 Å². The number of nitrogens with zero attached hydrogens (tertiary/aromatic N) is 6. The molecule has 0 aliphatic heterocycles. The summed E-state index contributed by atoms with van der Waals surface area (Å²) in [4.78, 5) is 54.6. The number of pyridine rings is 1. The second-order valence-electron chi connectivity index (χ2n) is 15.0. The van der Waals surface area contributed by atoms with Crippen LogP contribution in [0.4, 0.5) is 10.3 Å². The predicted octanol–water partition coefficient (Wildman–Crippen LogP) is 6.40. The fraction of sp³-hybridized carbons (Fsp3) is 0.310. The number of aryl methyl sites for hydroxylation is 1. The first-order valence-electron chi connectivity index (χ1n) is 18.2. The average molecular weight is 744 g/mol. The molecule has 3 aromatic heterocycles. The molecule has 0 bridgehead atoms. The van der Waals surface area contributed by atoms with E-state index in [9.17, 15) is 14.4 Å². The number of hydrogen-bond acceptors (Lipinski definition) is 10. The lowest BCUT2D eigenvalue weighted by atomic mass is 9.96. The van der Waals surface area contributed by atoms with E-state index in [1.807, 2.05) is 42.6 Å². The van der Waals surface area contributed by atoms with E-state index in [1.54, 1.807) is 69.2 Å². The molecular formula is C42H42FN7O5. The summed E-state index contributed by atoms with van der Waals surface area (Å²) >= 11 is 0. The number of esters is 2. The van der Waals surface area contributed by atoms with E-state index in [2.05, 4.69) is 15.1 Å². The molecule has 1 fully saturated rings. The predicted molar refractivity (Wildman–Crippen MR) is 205 cm³/mol. The molecule has 3 heterocycles. The lowest BCUT2D eigenvalue weighted by Gasteiger charge is -2.22. The van der Waals surface area contributed by atoms with Gasteiger partial charge in [-0.15, -0.1) is 0 Å². The van der Waals surface area contributed by atoms with Crippen molar-refractivity contribution in [3.8, 4) is 17.1 Å². The lowest BCUT2D eigenvalue weighted by Crippen LogP contribution is -2.29. The molecule has 0 radical (unpaired) electrons. The minimum Gasteiger partial charge on any atom is -0.460 e. The minimum atomic E-state index is -0.884. The van der Waals surface area contributed by atoms with Gasteiger partial charge in [0.15, 0.2) is 5.82 Å². The molecule has 1 aliphatic rings. The van der Waals surface area contributed by atoms with Crippen LogP contribution in [0.5, 0.6) is 0 Å². The van der Waals surface area contributed by atoms with Gasteiger partial charge in [0.05, 0.1) is 29.6 Å². The van der Waals surface area contributed by atoms with Crippen molar-refractivity contribution in [1.82, 2.24) is 29.3 Å². The van der Waals surface area contributed by atoms with Crippen molar-refractivity contribution in [2.45, 2.75) is 71.0 Å². The zero-order valence-electron chi connectivity index (χ0n) is 31.2. The maximum absolute atomic E-state index is 15.7. The number of anilines is 1. The number of carbonyl (C=O) groups is 2. The van der Waals surface area contributed by atoms with Crippen LogP contribution in [-0.2, 0) is 45.6 Å². The molecule has 282 valence electrons. The van der Waals surface area contributed by atoms with Crippen LogP contribution in [-0.4, -0.2) is 46.8 Å². The molecule has 0 saturated heterocycles. The molecule has 1 aliphatic carbocycles. The van der Waals surface area contributed by atoms with Gasteiger partial charge in [-0.05, 0) is 86.2 Å². The van der Waals surface area contributed by atoms with Gasteiger partial charge in [0, 0.05) is 37.0 Å². The highest BCUT2D eigenvalue weighted by Gasteiger charge is 2.29. The number of nitrogen functional groups attached to an aromatic ring is 1. The van der Waals surface area contributed by atoms with Gasteiger partial charge in [-0.1, -0.05) is 48.5 Å². The van der Waals surface area contributed by atoms with Crippen molar-refractivity contribution in [3.63, 3.8) is 0 Å². The summed E-state index contributed by atoms with van der Waals surface area (Å²) in [7, 11) is 1.81. The molecular weight excluding hydrogens is 702 g/mol. The normalized spacial score (nSPS) is 13.5. The standard InChI is InChI=1S/C42H42FN7O5/c1-42(2,3)55-36(51)21-30(17-25-9-6-5-7-10-25)40(53)54-24-32-31(38-46-35(47-41(44)48-38)18-26-22-45-49(4)23-26)11-8-12-34(32)50-16-15-28-19-29(27-13-14-27)20-33(43)37(28)39(50)52/h5-12,15-16,19-20,22-23,27,30H,13-14,17-18,21,24H2,1-4H3,(H2,44,46,47,48)/t30-/m1/s1. The molecule has 13 heteroatoms. The van der Waals surface area contributed by atoms with Crippen molar-refractivity contribution in [3.05, 3.63) is 130 Å². The van der Waals surface area contributed by atoms with E-state index in [-0.39, 0.29) is 36.6 Å². The first kappa shape index (κ1) is 37.1. The van der Waals surface area contributed by atoms with E-state index < -0.39 is 34.8 Å². The highest BCUT2D eigenvalue weighted by atomic mass is 19.1. The molecule has 1 saturated carbocycles. The summed E-state index contributed by atoms with van der Waals surface area (Å²) in [5.74, 6) is -1.84. The maximum Gasteiger partial charge on any atom is 0.310 e. The first-order chi connectivity index (χ1) is 26.3. The lowest BCUT2D eigenvalue weighted by molar-refractivity contribution is -0.162. The van der Waals surface area contributed by atoms with Gasteiger partial charge in [0.2, 0.25) is 5.95 Å². The van der Waals surface area contributed by atoms with Crippen LogP contribution < -0.4 is 11.3 Å². The van der Waals surface area contributed by atoms with E-state index >= 15 is 4.39 Å². The van der Waals surface area contributed by atoms with Gasteiger partial charge in [-0.25, -0.2) is 9.37 Å². The van der Waals surface area contributed by atoms with Gasteiger partial charge in [0.1, 0.15) is 23.8 Å². The average Bonchev–Trinajstić information content (AvgIpc) is 3.90. The SMILES string of the molecule is Cn1cc(Cc2nc(N)nc(-c3cccc(-n4ccc5cc(C6CC6)cc(F)c5c4=O)c3COC(=O)[C@@H](CC(=O)OC(C)(C)C)Cc3ccccc3)n2)cn1. The Kier molecular flexibility index (Phi) is 10.3. The number of hydrogen-bond donors (Lipinski definition) is 1. The number of rotatable bonds is 12. The van der Waals surface area contributed by atoms with E-state index in [0.717, 1.165) is 29.5 Å². The van der Waals surface area contributed by atoms with Crippen LogP contribution in [0.1, 0.15) is 74.0 Å². The minimum absolute atomic E-state index is 0.0334. The second-order valence-corrected chi connectivity index (χ2v) is 15.0. The highest BCUT2D eigenvalue weighted by molar-refractivity contribution is 5.84. The van der Waals surface area contributed by atoms with Crippen LogP contribution in [0.15, 0.2) is 90.1 Å². The zero-order valence-corrected chi connectivity index (χ0v) is 31.2. The Morgan fingerprint density at radius 2 is 1.78 bits per heavy atom. The molecule has 12 nitrogen and oxygen atoms in total. The van der Waals surface area contributed by atoms with Gasteiger partial charge in [-0.3, -0.25) is 23.6 Å². The Morgan fingerprint density at radius 1 is 1.00 bits per heavy atom. The summed E-state index contributed by atoms with van der Waals surface area (Å²) in [5, 5.41) is 4.67. The summed E-state index contributed by atoms with van der Waals surface area (Å²) in [5.41, 5.74) is 8.54. The summed E-state index contributed by atoms with van der Waals surface area (Å²) in [6, 6.07) is 19.5. The molecule has 7 rings (SSSR count). The Hall–Kier alpha value is -6.24. The first-order valence-corrected chi connectivity index (χ1v) is 18.2. The molecule has 6 aromatic rings. The highest BCUT2D eigenvalue weighted by Crippen LogP contribution is 2.41. The summed E-state index contributed by atoms with van der Waals surface area (Å²) < 4.78 is 30.3. The zero-order chi connectivity index (χ0) is 38.9. The summed E-state index contributed by atoms with van der Waals surface area (Å²) in [6.45, 7) is 4.94. The molecule has 2 N–H and O–H groups in total. The third kappa shape index (κ3) is 8.77. The molecule has 3 aromatic carbocycles. The summed E-state index contributed by atoms with van der Waals surface area (Å²) in [6.07, 6.45) is 7.44. The van der Waals surface area contributed by atoms with Gasteiger partial charge in [0.25, 0.3) is 5.56 Å². The van der Waals surface area contributed by atoms with Gasteiger partial charge >= 0.3 is 11.9 Å². The second kappa shape index (κ2) is 15.2. The largest absolute Gasteiger partial charge is 0.460 e. The van der Waals surface area contributed by atoms with E-state index in [4.69, 9.17) is 20.2 Å². The van der Waals surface area contributed by atoms with Crippen molar-refractivity contribution in [2.75, 3.05) is 5.73 Å². The van der Waals surface area contributed by atoms with Crippen LogP contribution in [0, 0.1) is 11.7 Å². The van der Waals surface area contributed by atoms with Crippen LogP contribution >= 0.6 is 0 Å². The third-order valence-corrected chi connectivity index (χ3v) is 9.35. The smallest absolute Gasteiger partial charge is 0.310 e. The molecule has 55 heavy (non-hydrogen) atoms. The molecule has 1 atom stereocenters. The number of aromatic nitrogens is 6. The van der Waals surface area contributed by atoms with Crippen molar-refractivity contribution in [1.29, 1.82) is 0 Å². The van der Waals surface area contributed by atoms with Crippen LogP contribution in [0.2, 0.25) is 0 Å². The fourth-order valence-corrected chi connectivity index (χ4v) is 6.72. The van der Waals surface area contributed by atoms with Gasteiger partial charge in [-0.2, -0.15) is 15.1 Å². The van der Waals surface area contributed by atoms with E-state index in [1.165, 1.54) is 10.6 Å². The van der Waals surface area contributed by atoms with Crippen LogP contribution in [0.25, 0.3) is 27.8 Å². The Labute approximate surface area is 317 Å². The van der Waals surface area contributed by atoms with Gasteiger partial charge < -0.3 is 15.2 Å².